The average molecular weight is 374 g/mol. The SMILES string of the molecule is C#CCOc1cc(F)ccc1NC(=O)N1C[C@@H](C(F)(F)F)[C@H](C(=O)O)C1. The van der Waals surface area contributed by atoms with Crippen molar-refractivity contribution in [3.05, 3.63) is 24.0 Å². The van der Waals surface area contributed by atoms with Gasteiger partial charge in [0.1, 0.15) is 18.2 Å². The van der Waals surface area contributed by atoms with E-state index in [9.17, 15) is 27.2 Å². The number of carboxylic acid groups (broad SMARTS) is 1. The number of carbonyl (C=O) groups excluding carboxylic acids is 1. The van der Waals surface area contributed by atoms with Gasteiger partial charge in [-0.1, -0.05) is 5.92 Å². The summed E-state index contributed by atoms with van der Waals surface area (Å²) >= 11 is 0. The van der Waals surface area contributed by atoms with Gasteiger partial charge >= 0.3 is 18.2 Å². The minimum absolute atomic E-state index is 0.00557. The maximum atomic E-state index is 13.3. The zero-order valence-corrected chi connectivity index (χ0v) is 13.2. The Morgan fingerprint density at radius 1 is 1.38 bits per heavy atom. The maximum Gasteiger partial charge on any atom is 0.394 e. The van der Waals surface area contributed by atoms with Gasteiger partial charge < -0.3 is 20.1 Å². The van der Waals surface area contributed by atoms with Crippen LogP contribution in [0.1, 0.15) is 0 Å². The normalized spacial score (nSPS) is 19.7. The summed E-state index contributed by atoms with van der Waals surface area (Å²) in [7, 11) is 0. The zero-order chi connectivity index (χ0) is 19.5. The molecule has 1 aromatic rings. The number of hydrogen-bond donors (Lipinski definition) is 2. The fourth-order valence-corrected chi connectivity index (χ4v) is 2.58. The molecular formula is C16H14F4N2O4. The predicted molar refractivity (Wildman–Crippen MR) is 82.0 cm³/mol. The third kappa shape index (κ3) is 4.36. The molecule has 1 heterocycles. The summed E-state index contributed by atoms with van der Waals surface area (Å²) < 4.78 is 57.3. The lowest BCUT2D eigenvalue weighted by molar-refractivity contribution is -0.187. The number of urea groups is 1. The van der Waals surface area contributed by atoms with Crippen LogP contribution in [0.15, 0.2) is 18.2 Å². The Labute approximate surface area is 145 Å². The van der Waals surface area contributed by atoms with E-state index in [2.05, 4.69) is 11.2 Å². The maximum absolute atomic E-state index is 13.3. The van der Waals surface area contributed by atoms with E-state index in [1.807, 2.05) is 0 Å². The summed E-state index contributed by atoms with van der Waals surface area (Å²) in [6, 6.07) is 2.17. The fraction of sp³-hybridized carbons (Fsp3) is 0.375. The first-order valence-corrected chi connectivity index (χ1v) is 7.34. The topological polar surface area (TPSA) is 78.9 Å². The van der Waals surface area contributed by atoms with Gasteiger partial charge in [-0.25, -0.2) is 9.18 Å². The van der Waals surface area contributed by atoms with Crippen LogP contribution in [0.2, 0.25) is 0 Å². The van der Waals surface area contributed by atoms with Crippen LogP contribution in [-0.2, 0) is 4.79 Å². The van der Waals surface area contributed by atoms with E-state index in [-0.39, 0.29) is 18.0 Å². The van der Waals surface area contributed by atoms with Crippen LogP contribution in [-0.4, -0.2) is 47.9 Å². The molecule has 1 aromatic carbocycles. The molecule has 0 saturated carbocycles. The van der Waals surface area contributed by atoms with Crippen LogP contribution in [0.25, 0.3) is 0 Å². The number of hydrogen-bond acceptors (Lipinski definition) is 3. The quantitative estimate of drug-likeness (QED) is 0.627. The number of halogens is 4. The van der Waals surface area contributed by atoms with Gasteiger partial charge in [0.2, 0.25) is 0 Å². The van der Waals surface area contributed by atoms with E-state index in [1.165, 1.54) is 0 Å². The summed E-state index contributed by atoms with van der Waals surface area (Å²) in [6.45, 7) is -1.62. The number of nitrogens with one attached hydrogen (secondary N) is 1. The van der Waals surface area contributed by atoms with Gasteiger partial charge in [0.05, 0.1) is 17.5 Å². The van der Waals surface area contributed by atoms with Crippen LogP contribution in [0.4, 0.5) is 28.0 Å². The average Bonchev–Trinajstić information content (AvgIpc) is 3.01. The van der Waals surface area contributed by atoms with Crippen molar-refractivity contribution >= 4 is 17.7 Å². The molecule has 1 aliphatic heterocycles. The Morgan fingerprint density at radius 2 is 2.08 bits per heavy atom. The number of benzene rings is 1. The van der Waals surface area contributed by atoms with Crippen LogP contribution < -0.4 is 10.1 Å². The standard InChI is InChI=1S/C16H14F4N2O4/c1-2-5-26-13-6-9(17)3-4-12(13)21-15(25)22-7-10(14(23)24)11(8-22)16(18,19)20/h1,3-4,6,10-11H,5,7-8H2,(H,21,25)(H,23,24)/t10-,11-/m1/s1. The number of carbonyl (C=O) groups is 2. The van der Waals surface area contributed by atoms with Gasteiger partial charge in [-0.2, -0.15) is 13.2 Å². The molecule has 0 radical (unpaired) electrons. The summed E-state index contributed by atoms with van der Waals surface area (Å²) in [5, 5.41) is 11.3. The van der Waals surface area contributed by atoms with Crippen molar-refractivity contribution in [3.63, 3.8) is 0 Å². The van der Waals surface area contributed by atoms with Crippen molar-refractivity contribution in [2.45, 2.75) is 6.18 Å². The van der Waals surface area contributed by atoms with Crippen molar-refractivity contribution in [1.29, 1.82) is 0 Å². The van der Waals surface area contributed by atoms with E-state index < -0.39 is 48.9 Å². The van der Waals surface area contributed by atoms with E-state index in [4.69, 9.17) is 16.3 Å². The highest BCUT2D eigenvalue weighted by Crippen LogP contribution is 2.38. The van der Waals surface area contributed by atoms with Crippen molar-refractivity contribution in [2.75, 3.05) is 25.0 Å². The molecular weight excluding hydrogens is 360 g/mol. The summed E-state index contributed by atoms with van der Waals surface area (Å²) in [6.07, 6.45) is 0.283. The number of carboxylic acids is 1. The first-order chi connectivity index (χ1) is 12.1. The van der Waals surface area contributed by atoms with Crippen molar-refractivity contribution in [2.24, 2.45) is 11.8 Å². The van der Waals surface area contributed by atoms with E-state index in [0.29, 0.717) is 0 Å². The molecule has 1 aliphatic rings. The molecule has 0 aliphatic carbocycles. The van der Waals surface area contributed by atoms with Crippen molar-refractivity contribution in [3.8, 4) is 18.1 Å². The third-order valence-electron chi connectivity index (χ3n) is 3.84. The number of aliphatic carboxylic acids is 1. The second-order valence-corrected chi connectivity index (χ2v) is 5.56. The van der Waals surface area contributed by atoms with Gasteiger partial charge in [0, 0.05) is 19.2 Å². The number of amides is 2. The molecule has 1 fully saturated rings. The number of terminal acetylenes is 1. The molecule has 6 nitrogen and oxygen atoms in total. The van der Waals surface area contributed by atoms with E-state index in [0.717, 1.165) is 23.1 Å². The second-order valence-electron chi connectivity index (χ2n) is 5.56. The summed E-state index contributed by atoms with van der Waals surface area (Å²) in [5.74, 6) is -4.18. The lowest BCUT2D eigenvalue weighted by atomic mass is 9.96. The Morgan fingerprint density at radius 3 is 2.62 bits per heavy atom. The Hall–Kier alpha value is -2.96. The van der Waals surface area contributed by atoms with Crippen molar-refractivity contribution < 1.29 is 37.0 Å². The molecule has 0 bridgehead atoms. The van der Waals surface area contributed by atoms with E-state index >= 15 is 0 Å². The molecule has 1 saturated heterocycles. The minimum atomic E-state index is -4.75. The fourth-order valence-electron chi connectivity index (χ4n) is 2.58. The Kier molecular flexibility index (Phi) is 5.59. The van der Waals surface area contributed by atoms with Gasteiger partial charge in [-0.05, 0) is 12.1 Å². The molecule has 0 unspecified atom stereocenters. The first kappa shape index (κ1) is 19.4. The molecule has 0 spiro atoms. The Balaban J connectivity index is 2.16. The van der Waals surface area contributed by atoms with Gasteiger partial charge in [0.15, 0.2) is 0 Å². The molecule has 2 N–H and O–H groups in total. The Bertz CT molecular complexity index is 745. The number of alkyl halides is 3. The van der Waals surface area contributed by atoms with Crippen molar-refractivity contribution in [1.82, 2.24) is 4.90 Å². The number of anilines is 1. The van der Waals surface area contributed by atoms with Crippen LogP contribution in [0, 0.1) is 30.0 Å². The lowest BCUT2D eigenvalue weighted by Gasteiger charge is -2.19. The molecule has 10 heteroatoms. The highest BCUT2D eigenvalue weighted by molar-refractivity contribution is 5.91. The second kappa shape index (κ2) is 7.51. The highest BCUT2D eigenvalue weighted by Gasteiger charge is 2.53. The minimum Gasteiger partial charge on any atom is -0.481 e. The molecule has 140 valence electrons. The molecule has 2 amide bonds. The van der Waals surface area contributed by atoms with Gasteiger partial charge in [0.25, 0.3) is 0 Å². The number of ether oxygens (including phenoxy) is 1. The summed E-state index contributed by atoms with van der Waals surface area (Å²) in [5.41, 5.74) is -0.00557. The number of likely N-dealkylation sites (tertiary alicyclic amines) is 1. The number of rotatable bonds is 4. The zero-order valence-electron chi connectivity index (χ0n) is 13.2. The smallest absolute Gasteiger partial charge is 0.394 e. The highest BCUT2D eigenvalue weighted by atomic mass is 19.4. The van der Waals surface area contributed by atoms with E-state index in [1.54, 1.807) is 0 Å². The molecule has 0 aromatic heterocycles. The third-order valence-corrected chi connectivity index (χ3v) is 3.84. The summed E-state index contributed by atoms with van der Waals surface area (Å²) in [4.78, 5) is 24.0. The number of nitrogens with zero attached hydrogens (tertiary/aromatic N) is 1. The molecule has 2 rings (SSSR count). The van der Waals surface area contributed by atoms with Gasteiger partial charge in [-0.15, -0.1) is 6.42 Å². The largest absolute Gasteiger partial charge is 0.481 e. The predicted octanol–water partition coefficient (Wildman–Crippen LogP) is 2.56. The monoisotopic (exact) mass is 374 g/mol. The first-order valence-electron chi connectivity index (χ1n) is 7.34. The van der Waals surface area contributed by atoms with Gasteiger partial charge in [-0.3, -0.25) is 4.79 Å². The molecule has 2 atom stereocenters. The van der Waals surface area contributed by atoms with Crippen LogP contribution in [0.5, 0.6) is 5.75 Å². The molecule has 26 heavy (non-hydrogen) atoms. The lowest BCUT2D eigenvalue weighted by Crippen LogP contribution is -2.35. The van der Waals surface area contributed by atoms with Crippen LogP contribution >= 0.6 is 0 Å². The van der Waals surface area contributed by atoms with Crippen LogP contribution in [0.3, 0.4) is 0 Å².